The fraction of sp³-hybridized carbons (Fsp3) is 0.400. The molecule has 0 aliphatic rings. The summed E-state index contributed by atoms with van der Waals surface area (Å²) in [7, 11) is 0. The van der Waals surface area contributed by atoms with E-state index in [9.17, 15) is 54.4 Å². The monoisotopic (exact) mass is 1380 g/mol. The van der Waals surface area contributed by atoms with Crippen molar-refractivity contribution in [2.24, 2.45) is 0 Å². The van der Waals surface area contributed by atoms with E-state index >= 15 is 0 Å². The SMILES string of the molecule is O.O.O.O=C(O)CN(CCN(O)CCN(CC(=O)O)CC(=O)NC(Cc1cnc[nH]1)C(=O)O)CC(=O)NC(Cc1cnc[nH]1)C(=O)O.[C-]#[O+].[C-]#[O+].[C-]#[O+].[C-]#[O+].[C-]#[O+].[C-]#[O+].[Gd+3].[Re].[Re]. The number of hydrogen-bond donors (Lipinski definition) is 9. The van der Waals surface area contributed by atoms with Crippen LogP contribution in [0.1, 0.15) is 11.4 Å². The van der Waals surface area contributed by atoms with Crippen LogP contribution in [0.3, 0.4) is 0 Å². The van der Waals surface area contributed by atoms with Gasteiger partial charge in [-0.05, 0) is 0 Å². The number of imidazole rings is 2. The second-order valence-corrected chi connectivity index (χ2v) is 9.64. The summed E-state index contributed by atoms with van der Waals surface area (Å²) in [4.78, 5) is 86.0. The summed E-state index contributed by atoms with van der Waals surface area (Å²) in [6.45, 7) is 24.1. The molecule has 2 aromatic rings. The molecule has 3 radical (unpaired) electrons. The minimum absolute atomic E-state index is 0. The van der Waals surface area contributed by atoms with Gasteiger partial charge in [0.2, 0.25) is 11.8 Å². The van der Waals surface area contributed by atoms with Gasteiger partial charge < -0.3 is 62.7 Å². The minimum Gasteiger partial charge on any atom is 0 e. The van der Waals surface area contributed by atoms with Crippen LogP contribution in [0.2, 0.25) is 0 Å². The molecule has 2 amide bonds. The fourth-order valence-corrected chi connectivity index (χ4v) is 3.95. The number of carbonyl (C=O) groups is 6. The Bertz CT molecular complexity index is 1410. The molecule has 0 aliphatic heterocycles. The van der Waals surface area contributed by atoms with Crippen LogP contribution in [0.5, 0.6) is 0 Å². The van der Waals surface area contributed by atoms with E-state index in [-0.39, 0.29) is 136 Å². The van der Waals surface area contributed by atoms with E-state index in [1.807, 2.05) is 0 Å². The molecule has 345 valence electrons. The summed E-state index contributed by atoms with van der Waals surface area (Å²) < 4.78 is 45.0. The topological polar surface area (TPSA) is 509 Å². The zero-order chi connectivity index (χ0) is 44.6. The molecule has 0 saturated heterocycles. The second-order valence-electron chi connectivity index (χ2n) is 9.64. The first-order valence-electron chi connectivity index (χ1n) is 14.4. The van der Waals surface area contributed by atoms with Crippen molar-refractivity contribution >= 4 is 35.7 Å². The van der Waals surface area contributed by atoms with Gasteiger partial charge in [0.25, 0.3) is 0 Å². The maximum absolute atomic E-state index is 12.5. The number of hydrogen-bond acceptors (Lipinski definition) is 12. The molecule has 2 atom stereocenters. The standard InChI is InChI=1S/C24H35N9O11.6CO.Gd.3H2O.2Re/c34-19(29-17(23(40)41)5-15-7-25-13-27-15)9-31(11-21(36)37)1-3-33(44)4-2-32(12-22(38)39)10-20(35)30-18(24(42)43)6-16-8-26-14-28-16;6*1-2;;;;;;/h7-8,13-14,17-18,44H,1-6,9-12H2,(H,25,27)(H,26,28)(H,29,34)(H,30,35)(H,36,37)(H,38,39)(H,40,41)(H,42,43);;;;;;;;3*1H2;;/q;;;;;;;+3;;;;;. The number of H-pyrrole nitrogens is 2. The van der Waals surface area contributed by atoms with Crippen LogP contribution in [-0.2, 0) is 110 Å². The van der Waals surface area contributed by atoms with Crippen molar-refractivity contribution in [3.05, 3.63) is 76.3 Å². The van der Waals surface area contributed by atoms with E-state index in [0.29, 0.717) is 11.4 Å². The Hall–Kier alpha value is -3.95. The molecule has 0 saturated carbocycles. The fourth-order valence-electron chi connectivity index (χ4n) is 3.95. The average molecular weight is 1380 g/mol. The summed E-state index contributed by atoms with van der Waals surface area (Å²) >= 11 is 0. The van der Waals surface area contributed by atoms with Gasteiger partial charge in [0, 0.05) is 104 Å². The Labute approximate surface area is 411 Å². The van der Waals surface area contributed by atoms with Gasteiger partial charge in [-0.3, -0.25) is 29.0 Å². The number of carboxylic acid groups (broad SMARTS) is 4. The molecule has 15 N–H and O–H groups in total. The van der Waals surface area contributed by atoms with Crippen molar-refractivity contribution < 1.29 is 180 Å². The smallest absolute Gasteiger partial charge is 0 e. The number of nitrogens with zero attached hydrogens (tertiary/aromatic N) is 5. The minimum atomic E-state index is -1.31. The molecule has 0 bridgehead atoms. The van der Waals surface area contributed by atoms with Crippen molar-refractivity contribution in [1.82, 2.24) is 45.4 Å². The van der Waals surface area contributed by atoms with Crippen LogP contribution >= 0.6 is 0 Å². The third kappa shape index (κ3) is 47.1. The van der Waals surface area contributed by atoms with Crippen LogP contribution in [0, 0.1) is 79.8 Å². The molecule has 2 unspecified atom stereocenters. The third-order valence-corrected chi connectivity index (χ3v) is 6.03. The summed E-state index contributed by atoms with van der Waals surface area (Å²) in [5, 5.41) is 53.0. The number of aromatic nitrogens is 4. The van der Waals surface area contributed by atoms with Crippen molar-refractivity contribution in [2.75, 3.05) is 52.4 Å². The summed E-state index contributed by atoms with van der Waals surface area (Å²) in [5.41, 5.74) is 0.919. The Balaban J connectivity index is -0.000000147. The van der Waals surface area contributed by atoms with Gasteiger partial charge in [-0.25, -0.2) is 19.6 Å². The molecule has 0 spiro atoms. The van der Waals surface area contributed by atoms with Crippen LogP contribution in [0.4, 0.5) is 0 Å². The second kappa shape index (κ2) is 59.1. The largest absolute Gasteiger partial charge is 3.00 e. The quantitative estimate of drug-likeness (QED) is 0.0301. The van der Waals surface area contributed by atoms with Crippen molar-refractivity contribution in [2.45, 2.75) is 24.9 Å². The predicted octanol–water partition coefficient (Wildman–Crippen LogP) is -6.18. The van der Waals surface area contributed by atoms with Gasteiger partial charge in [0.15, 0.2) is 0 Å². The molecular formula is C30H41GdN9O20Re2+3. The third-order valence-electron chi connectivity index (χ3n) is 6.03. The van der Waals surface area contributed by atoms with Crippen molar-refractivity contribution in [3.8, 4) is 0 Å². The molecule has 32 heteroatoms. The van der Waals surface area contributed by atoms with E-state index < -0.39 is 74.0 Å². The number of hydroxylamine groups is 2. The maximum Gasteiger partial charge on any atom is 3.00 e. The summed E-state index contributed by atoms with van der Waals surface area (Å²) in [6, 6.07) is -2.62. The van der Waals surface area contributed by atoms with Gasteiger partial charge in [0.1, 0.15) is 12.1 Å². The van der Waals surface area contributed by atoms with Gasteiger partial charge in [-0.1, -0.05) is 0 Å². The number of carbonyl (C=O) groups excluding carboxylic acids is 2. The zero-order valence-corrected chi connectivity index (χ0v) is 39.2. The van der Waals surface area contributed by atoms with Crippen LogP contribution in [0.15, 0.2) is 25.0 Å². The molecule has 0 aromatic carbocycles. The molecule has 2 aromatic heterocycles. The van der Waals surface area contributed by atoms with E-state index in [2.05, 4.69) is 70.5 Å². The van der Waals surface area contributed by atoms with Crippen LogP contribution in [-0.4, -0.2) is 177 Å². The molecule has 29 nitrogen and oxygen atoms in total. The zero-order valence-electron chi connectivity index (χ0n) is 31.5. The van der Waals surface area contributed by atoms with E-state index in [1.54, 1.807) is 0 Å². The normalized spacial score (nSPS) is 9.16. The molecule has 2 rings (SSSR count). The van der Waals surface area contributed by atoms with Gasteiger partial charge in [0.05, 0.1) is 38.8 Å². The summed E-state index contributed by atoms with van der Waals surface area (Å²) in [6.07, 6.45) is 5.31. The Morgan fingerprint density at radius 3 is 1.05 bits per heavy atom. The number of nitrogens with one attached hydrogen (secondary N) is 4. The van der Waals surface area contributed by atoms with E-state index in [0.717, 1.165) is 14.9 Å². The van der Waals surface area contributed by atoms with Crippen LogP contribution < -0.4 is 10.6 Å². The molecule has 62 heavy (non-hydrogen) atoms. The first-order valence-corrected chi connectivity index (χ1v) is 14.4. The number of aliphatic carboxylic acids is 4. The first-order chi connectivity index (χ1) is 26.8. The predicted molar refractivity (Wildman–Crippen MR) is 180 cm³/mol. The number of amides is 2. The van der Waals surface area contributed by atoms with E-state index in [4.69, 9.17) is 27.9 Å². The number of carboxylic acids is 4. The molecule has 0 aliphatic carbocycles. The van der Waals surface area contributed by atoms with Gasteiger partial charge in [-0.15, -0.1) is 0 Å². The summed E-state index contributed by atoms with van der Waals surface area (Å²) in [5.74, 6) is -6.71. The molecule has 0 fully saturated rings. The number of aromatic amines is 2. The number of rotatable bonds is 22. The Morgan fingerprint density at radius 2 is 0.839 bits per heavy atom. The van der Waals surface area contributed by atoms with Crippen molar-refractivity contribution in [1.29, 1.82) is 0 Å². The first kappa shape index (κ1) is 85.3. The Kier molecular flexibility index (Phi) is 81.4. The molecule has 2 heterocycles. The average Bonchev–Trinajstić information content (AvgIpc) is 3.92. The maximum atomic E-state index is 12.5. The Morgan fingerprint density at radius 1 is 0.565 bits per heavy atom. The van der Waals surface area contributed by atoms with Crippen LogP contribution in [0.25, 0.3) is 0 Å². The van der Waals surface area contributed by atoms with Gasteiger partial charge in [-0.2, -0.15) is 5.06 Å². The van der Waals surface area contributed by atoms with E-state index in [1.165, 1.54) is 25.0 Å². The van der Waals surface area contributed by atoms with Gasteiger partial charge >= 0.3 is 132 Å². The van der Waals surface area contributed by atoms with Crippen molar-refractivity contribution in [3.63, 3.8) is 0 Å². The molecular weight excluding hydrogens is 1340 g/mol.